The number of ether oxygens (including phenoxy) is 1. The van der Waals surface area contributed by atoms with Crippen molar-refractivity contribution in [3.63, 3.8) is 0 Å². The second-order valence-electron chi connectivity index (χ2n) is 6.86. The first-order valence-corrected chi connectivity index (χ1v) is 7.98. The van der Waals surface area contributed by atoms with Crippen molar-refractivity contribution < 1.29 is 9.53 Å². The van der Waals surface area contributed by atoms with Gasteiger partial charge in [-0.2, -0.15) is 11.1 Å². The van der Waals surface area contributed by atoms with E-state index in [1.54, 1.807) is 0 Å². The third-order valence-corrected chi connectivity index (χ3v) is 5.28. The third kappa shape index (κ3) is 2.56. The lowest BCUT2D eigenvalue weighted by molar-refractivity contribution is -0.163. The molecule has 0 amide bonds. The Kier molecular flexibility index (Phi) is 3.40. The van der Waals surface area contributed by atoms with Crippen molar-refractivity contribution in [3.8, 4) is 0 Å². The zero-order valence-electron chi connectivity index (χ0n) is 12.1. The van der Waals surface area contributed by atoms with Crippen LogP contribution in [0.1, 0.15) is 51.4 Å². The van der Waals surface area contributed by atoms with Gasteiger partial charge in [0.05, 0.1) is 11.6 Å². The van der Waals surface area contributed by atoms with Crippen molar-refractivity contribution in [3.05, 3.63) is 0 Å². The highest BCUT2D eigenvalue weighted by Gasteiger charge is 2.45. The number of hydrogen-bond donors (Lipinski definition) is 6. The Morgan fingerprint density at radius 1 is 0.905 bits per heavy atom. The van der Waals surface area contributed by atoms with E-state index >= 15 is 0 Å². The summed E-state index contributed by atoms with van der Waals surface area (Å²) in [6.45, 7) is 0. The fourth-order valence-corrected chi connectivity index (χ4v) is 3.99. The van der Waals surface area contributed by atoms with E-state index in [1.807, 2.05) is 0 Å². The summed E-state index contributed by atoms with van der Waals surface area (Å²) in [7, 11) is 0. The Hall–Kier alpha value is -0.770. The fraction of sp³-hybridized carbons (Fsp3) is 0.923. The molecule has 2 heterocycles. The van der Waals surface area contributed by atoms with Gasteiger partial charge in [0.25, 0.3) is 0 Å². The molecule has 4 rings (SSSR count). The Labute approximate surface area is 124 Å². The maximum absolute atomic E-state index is 12.5. The van der Waals surface area contributed by atoms with Crippen LogP contribution in [0.2, 0.25) is 0 Å². The van der Waals surface area contributed by atoms with E-state index in [0.29, 0.717) is 0 Å². The summed E-state index contributed by atoms with van der Waals surface area (Å²) in [5.74, 6) is -0.0296. The van der Waals surface area contributed by atoms with Gasteiger partial charge in [0.2, 0.25) is 0 Å². The van der Waals surface area contributed by atoms with Crippen molar-refractivity contribution in [1.82, 2.24) is 32.8 Å². The Morgan fingerprint density at radius 2 is 1.52 bits per heavy atom. The number of nitrogens with one attached hydrogen (secondary N) is 6. The van der Waals surface area contributed by atoms with Gasteiger partial charge in [-0.15, -0.1) is 0 Å². The minimum Gasteiger partial charge on any atom is -0.462 e. The smallest absolute Gasteiger partial charge is 0.309 e. The fourth-order valence-electron chi connectivity index (χ4n) is 3.99. The van der Waals surface area contributed by atoms with Gasteiger partial charge in [0.1, 0.15) is 11.8 Å². The van der Waals surface area contributed by atoms with Crippen LogP contribution >= 0.6 is 0 Å². The van der Waals surface area contributed by atoms with E-state index < -0.39 is 0 Å². The predicted molar refractivity (Wildman–Crippen MR) is 74.6 cm³/mol. The number of hydrazine groups is 4. The molecule has 2 unspecified atom stereocenters. The molecule has 6 N–H and O–H groups in total. The second kappa shape index (κ2) is 5.15. The van der Waals surface area contributed by atoms with Crippen molar-refractivity contribution >= 4 is 5.97 Å². The molecule has 0 aromatic carbocycles. The molecule has 21 heavy (non-hydrogen) atoms. The van der Waals surface area contributed by atoms with E-state index in [1.165, 1.54) is 0 Å². The average molecular weight is 296 g/mol. The lowest BCUT2D eigenvalue weighted by Gasteiger charge is -2.50. The van der Waals surface area contributed by atoms with Crippen molar-refractivity contribution in [1.29, 1.82) is 0 Å². The molecule has 2 saturated heterocycles. The van der Waals surface area contributed by atoms with E-state index in [-0.39, 0.29) is 29.3 Å². The normalized spacial score (nSPS) is 36.8. The average Bonchev–Trinajstić information content (AvgIpc) is 2.44. The van der Waals surface area contributed by atoms with E-state index in [2.05, 4.69) is 32.8 Å². The zero-order chi connectivity index (χ0) is 14.3. The summed E-state index contributed by atoms with van der Waals surface area (Å²) in [4.78, 5) is 12.5. The zero-order valence-corrected chi connectivity index (χ0v) is 12.1. The summed E-state index contributed by atoms with van der Waals surface area (Å²) >= 11 is 0. The SMILES string of the molecule is O=C(OC1CCCC2(C1)NNN2)C1CCCC2(C1)NNN2. The molecule has 0 bridgehead atoms. The van der Waals surface area contributed by atoms with Gasteiger partial charge >= 0.3 is 5.97 Å². The number of carbonyl (C=O) groups excluding carboxylic acids is 1. The van der Waals surface area contributed by atoms with E-state index in [4.69, 9.17) is 4.74 Å². The first-order valence-electron chi connectivity index (χ1n) is 7.98. The van der Waals surface area contributed by atoms with Crippen LogP contribution in [0.15, 0.2) is 0 Å². The topological polar surface area (TPSA) is 98.5 Å². The standard InChI is InChI=1S/C13H24N6O2/c20-11(9-3-1-5-12(7-9)14-18-15-12)21-10-4-2-6-13(8-10)16-19-17-13/h9-10,14-19H,1-8H2. The summed E-state index contributed by atoms with van der Waals surface area (Å²) in [5.41, 5.74) is 18.3. The molecular weight excluding hydrogens is 272 g/mol. The van der Waals surface area contributed by atoms with Gasteiger partial charge in [0.15, 0.2) is 0 Å². The summed E-state index contributed by atoms with van der Waals surface area (Å²) in [6, 6.07) is 0. The van der Waals surface area contributed by atoms with Gasteiger partial charge in [-0.05, 0) is 44.9 Å². The van der Waals surface area contributed by atoms with E-state index in [0.717, 1.165) is 51.4 Å². The molecule has 4 aliphatic rings. The lowest BCUT2D eigenvalue weighted by atomic mass is 9.81. The van der Waals surface area contributed by atoms with Gasteiger partial charge in [0, 0.05) is 6.42 Å². The maximum Gasteiger partial charge on any atom is 0.309 e. The molecule has 2 aliphatic heterocycles. The number of rotatable bonds is 2. The van der Waals surface area contributed by atoms with Crippen LogP contribution in [0.5, 0.6) is 0 Å². The predicted octanol–water partition coefficient (Wildman–Crippen LogP) is -0.720. The summed E-state index contributed by atoms with van der Waals surface area (Å²) in [6.07, 6.45) is 7.79. The van der Waals surface area contributed by atoms with Crippen molar-refractivity contribution in [2.75, 3.05) is 0 Å². The Morgan fingerprint density at radius 3 is 2.14 bits per heavy atom. The minimum atomic E-state index is -0.100. The van der Waals surface area contributed by atoms with Crippen LogP contribution in [0.3, 0.4) is 0 Å². The first-order chi connectivity index (χ1) is 10.2. The van der Waals surface area contributed by atoms with Crippen LogP contribution in [0.25, 0.3) is 0 Å². The molecule has 2 saturated carbocycles. The Bertz CT molecular complexity index is 423. The second-order valence-corrected chi connectivity index (χ2v) is 6.86. The van der Waals surface area contributed by atoms with Crippen LogP contribution in [-0.4, -0.2) is 23.4 Å². The van der Waals surface area contributed by atoms with E-state index in [9.17, 15) is 4.79 Å². The number of esters is 1. The molecule has 8 nitrogen and oxygen atoms in total. The molecule has 0 aromatic heterocycles. The molecular formula is C13H24N6O2. The molecule has 4 fully saturated rings. The first kappa shape index (κ1) is 13.9. The molecule has 0 aromatic rings. The van der Waals surface area contributed by atoms with Crippen molar-refractivity contribution in [2.24, 2.45) is 5.92 Å². The van der Waals surface area contributed by atoms with Gasteiger partial charge < -0.3 is 4.74 Å². The largest absolute Gasteiger partial charge is 0.462 e. The lowest BCUT2D eigenvalue weighted by Crippen LogP contribution is -2.80. The molecule has 0 radical (unpaired) electrons. The molecule has 2 atom stereocenters. The Balaban J connectivity index is 1.32. The van der Waals surface area contributed by atoms with Gasteiger partial charge in [-0.3, -0.25) is 4.79 Å². The summed E-state index contributed by atoms with van der Waals surface area (Å²) in [5, 5.41) is 0. The molecule has 118 valence electrons. The van der Waals surface area contributed by atoms with Gasteiger partial charge in [-0.1, -0.05) is 0 Å². The molecule has 2 spiro atoms. The molecule has 2 aliphatic carbocycles. The highest BCUT2D eigenvalue weighted by molar-refractivity contribution is 5.73. The van der Waals surface area contributed by atoms with Crippen molar-refractivity contribution in [2.45, 2.75) is 68.8 Å². The quantitative estimate of drug-likeness (QED) is 0.372. The monoisotopic (exact) mass is 296 g/mol. The minimum absolute atomic E-state index is 0.000777. The van der Waals surface area contributed by atoms with Crippen LogP contribution < -0.4 is 32.8 Å². The van der Waals surface area contributed by atoms with Crippen LogP contribution in [0, 0.1) is 5.92 Å². The maximum atomic E-state index is 12.5. The molecule has 8 heteroatoms. The van der Waals surface area contributed by atoms with Gasteiger partial charge in [-0.25, -0.2) is 21.7 Å². The summed E-state index contributed by atoms with van der Waals surface area (Å²) < 4.78 is 5.80. The number of carbonyl (C=O) groups is 1. The highest BCUT2D eigenvalue weighted by atomic mass is 16.5. The number of hydrogen-bond acceptors (Lipinski definition) is 8. The highest BCUT2D eigenvalue weighted by Crippen LogP contribution is 2.35. The third-order valence-electron chi connectivity index (χ3n) is 5.28. The van der Waals surface area contributed by atoms with Crippen LogP contribution in [-0.2, 0) is 9.53 Å². The van der Waals surface area contributed by atoms with Crippen LogP contribution in [0.4, 0.5) is 0 Å².